The normalized spacial score (nSPS) is 11.4. The van der Waals surface area contributed by atoms with Crippen molar-refractivity contribution < 1.29 is 4.79 Å². The van der Waals surface area contributed by atoms with Gasteiger partial charge in [-0.05, 0) is 19.1 Å². The van der Waals surface area contributed by atoms with E-state index in [1.165, 1.54) is 0 Å². The first-order valence-corrected chi connectivity index (χ1v) is 5.37. The van der Waals surface area contributed by atoms with E-state index in [1.54, 1.807) is 30.9 Å². The molecule has 76 valence electrons. The summed E-state index contributed by atoms with van der Waals surface area (Å²) in [6.07, 6.45) is 1.72. The van der Waals surface area contributed by atoms with Crippen LogP contribution in [0.5, 0.6) is 0 Å². The van der Waals surface area contributed by atoms with Crippen LogP contribution in [0.15, 0.2) is 23.4 Å². The van der Waals surface area contributed by atoms with Crippen LogP contribution in [-0.2, 0) is 0 Å². The van der Waals surface area contributed by atoms with Crippen molar-refractivity contribution in [3.05, 3.63) is 23.9 Å². The fourth-order valence-corrected chi connectivity index (χ4v) is 2.05. The van der Waals surface area contributed by atoms with Crippen molar-refractivity contribution in [3.63, 3.8) is 0 Å². The molecule has 1 aromatic heterocycles. The number of carbonyl (C=O) groups excluding carboxylic acids is 1. The van der Waals surface area contributed by atoms with Gasteiger partial charge in [-0.3, -0.25) is 4.79 Å². The maximum atomic E-state index is 11.3. The highest BCUT2D eigenvalue weighted by Gasteiger charge is 2.17. The SMILES string of the molecule is CC(=O)c1cccnc1SC(C)(C)C. The minimum atomic E-state index is 0.0739. The molecule has 0 aliphatic rings. The van der Waals surface area contributed by atoms with Crippen LogP contribution < -0.4 is 0 Å². The molecular weight excluding hydrogens is 194 g/mol. The van der Waals surface area contributed by atoms with Gasteiger partial charge in [-0.25, -0.2) is 4.98 Å². The summed E-state index contributed by atoms with van der Waals surface area (Å²) in [6, 6.07) is 3.62. The fourth-order valence-electron chi connectivity index (χ4n) is 1.03. The van der Waals surface area contributed by atoms with Crippen LogP contribution in [-0.4, -0.2) is 15.5 Å². The molecule has 14 heavy (non-hydrogen) atoms. The van der Waals surface area contributed by atoms with Gasteiger partial charge >= 0.3 is 0 Å². The zero-order chi connectivity index (χ0) is 10.8. The number of carbonyl (C=O) groups is 1. The molecule has 0 N–H and O–H groups in total. The lowest BCUT2D eigenvalue weighted by Gasteiger charge is -2.17. The number of nitrogens with zero attached hydrogens (tertiary/aromatic N) is 1. The molecule has 0 bridgehead atoms. The summed E-state index contributed by atoms with van der Waals surface area (Å²) in [5, 5.41) is 0.826. The van der Waals surface area contributed by atoms with Gasteiger partial charge in [-0.2, -0.15) is 0 Å². The summed E-state index contributed by atoms with van der Waals surface area (Å²) in [5.74, 6) is 0.0739. The van der Waals surface area contributed by atoms with Gasteiger partial charge in [0.15, 0.2) is 5.78 Å². The third-order valence-electron chi connectivity index (χ3n) is 1.55. The Bertz CT molecular complexity index is 341. The Labute approximate surface area is 89.1 Å². The van der Waals surface area contributed by atoms with E-state index in [4.69, 9.17) is 0 Å². The summed E-state index contributed by atoms with van der Waals surface area (Å²) in [6.45, 7) is 7.90. The smallest absolute Gasteiger partial charge is 0.162 e. The Morgan fingerprint density at radius 2 is 2.07 bits per heavy atom. The zero-order valence-corrected chi connectivity index (χ0v) is 9.81. The molecule has 0 saturated carbocycles. The van der Waals surface area contributed by atoms with Crippen molar-refractivity contribution in [1.29, 1.82) is 0 Å². The molecule has 1 aromatic rings. The largest absolute Gasteiger partial charge is 0.294 e. The highest BCUT2D eigenvalue weighted by atomic mass is 32.2. The Kier molecular flexibility index (Phi) is 3.32. The summed E-state index contributed by atoms with van der Waals surface area (Å²) in [4.78, 5) is 15.5. The summed E-state index contributed by atoms with van der Waals surface area (Å²) in [7, 11) is 0. The average Bonchev–Trinajstić information content (AvgIpc) is 2.01. The first-order valence-electron chi connectivity index (χ1n) is 4.55. The van der Waals surface area contributed by atoms with E-state index in [0.717, 1.165) is 5.03 Å². The number of Topliss-reactive ketones (excluding diaryl/α,β-unsaturated/α-hetero) is 1. The minimum absolute atomic E-state index is 0.0739. The van der Waals surface area contributed by atoms with Gasteiger partial charge in [0, 0.05) is 16.5 Å². The van der Waals surface area contributed by atoms with E-state index < -0.39 is 0 Å². The van der Waals surface area contributed by atoms with E-state index in [-0.39, 0.29) is 10.5 Å². The lowest BCUT2D eigenvalue weighted by atomic mass is 10.2. The molecule has 2 nitrogen and oxygen atoms in total. The van der Waals surface area contributed by atoms with Crippen LogP contribution in [0, 0.1) is 0 Å². The molecule has 0 aromatic carbocycles. The lowest BCUT2D eigenvalue weighted by Crippen LogP contribution is -2.09. The first-order chi connectivity index (χ1) is 6.40. The van der Waals surface area contributed by atoms with Crippen LogP contribution in [0.25, 0.3) is 0 Å². The van der Waals surface area contributed by atoms with E-state index in [2.05, 4.69) is 25.8 Å². The van der Waals surface area contributed by atoms with Gasteiger partial charge in [0.25, 0.3) is 0 Å². The standard InChI is InChI=1S/C11H15NOS/c1-8(13)9-6-5-7-12-10(9)14-11(2,3)4/h5-7H,1-4H3. The monoisotopic (exact) mass is 209 g/mol. The Hall–Kier alpha value is -0.830. The molecule has 0 amide bonds. The van der Waals surface area contributed by atoms with Crippen molar-refractivity contribution >= 4 is 17.5 Å². The number of hydrogen-bond acceptors (Lipinski definition) is 3. The van der Waals surface area contributed by atoms with Crippen molar-refractivity contribution in [2.75, 3.05) is 0 Å². The summed E-state index contributed by atoms with van der Waals surface area (Å²) < 4.78 is 0.0819. The molecule has 0 fully saturated rings. The van der Waals surface area contributed by atoms with Gasteiger partial charge in [0.1, 0.15) is 5.03 Å². The van der Waals surface area contributed by atoms with Crippen LogP contribution in [0.4, 0.5) is 0 Å². The molecular formula is C11H15NOS. The second-order valence-corrected chi connectivity index (χ2v) is 5.94. The molecule has 0 aliphatic carbocycles. The van der Waals surface area contributed by atoms with Crippen LogP contribution >= 0.6 is 11.8 Å². The first kappa shape index (κ1) is 11.2. The Morgan fingerprint density at radius 1 is 1.43 bits per heavy atom. The molecule has 0 saturated heterocycles. The van der Waals surface area contributed by atoms with Crippen LogP contribution in [0.1, 0.15) is 38.1 Å². The number of ketones is 1. The highest BCUT2D eigenvalue weighted by molar-refractivity contribution is 8.00. The van der Waals surface area contributed by atoms with Crippen LogP contribution in [0.2, 0.25) is 0 Å². The number of thioether (sulfide) groups is 1. The third-order valence-corrected chi connectivity index (χ3v) is 2.68. The lowest BCUT2D eigenvalue weighted by molar-refractivity contribution is 0.101. The number of pyridine rings is 1. The maximum Gasteiger partial charge on any atom is 0.162 e. The second kappa shape index (κ2) is 4.13. The quantitative estimate of drug-likeness (QED) is 0.553. The zero-order valence-electron chi connectivity index (χ0n) is 9.00. The molecule has 0 aliphatic heterocycles. The fraction of sp³-hybridized carbons (Fsp3) is 0.455. The molecule has 0 radical (unpaired) electrons. The van der Waals surface area contributed by atoms with Gasteiger partial charge in [0.2, 0.25) is 0 Å². The van der Waals surface area contributed by atoms with E-state index in [9.17, 15) is 4.79 Å². The van der Waals surface area contributed by atoms with Crippen molar-refractivity contribution in [2.24, 2.45) is 0 Å². The van der Waals surface area contributed by atoms with Gasteiger partial charge in [0.05, 0.1) is 0 Å². The van der Waals surface area contributed by atoms with E-state index >= 15 is 0 Å². The molecule has 0 unspecified atom stereocenters. The van der Waals surface area contributed by atoms with Gasteiger partial charge in [-0.1, -0.05) is 32.5 Å². The third kappa shape index (κ3) is 3.14. The minimum Gasteiger partial charge on any atom is -0.294 e. The molecule has 1 rings (SSSR count). The maximum absolute atomic E-state index is 11.3. The van der Waals surface area contributed by atoms with Gasteiger partial charge in [-0.15, -0.1) is 0 Å². The summed E-state index contributed by atoms with van der Waals surface area (Å²) in [5.41, 5.74) is 0.715. The average molecular weight is 209 g/mol. The molecule has 0 atom stereocenters. The van der Waals surface area contributed by atoms with E-state index in [1.807, 2.05) is 6.07 Å². The highest BCUT2D eigenvalue weighted by Crippen LogP contribution is 2.32. The van der Waals surface area contributed by atoms with Gasteiger partial charge < -0.3 is 0 Å². The Morgan fingerprint density at radius 3 is 2.57 bits per heavy atom. The molecule has 1 heterocycles. The second-order valence-electron chi connectivity index (χ2n) is 4.13. The number of hydrogen-bond donors (Lipinski definition) is 0. The molecule has 0 spiro atoms. The summed E-state index contributed by atoms with van der Waals surface area (Å²) >= 11 is 1.62. The molecule has 3 heteroatoms. The number of rotatable bonds is 2. The topological polar surface area (TPSA) is 30.0 Å². The number of aromatic nitrogens is 1. The Balaban J connectivity index is 3.02. The van der Waals surface area contributed by atoms with Crippen molar-refractivity contribution in [3.8, 4) is 0 Å². The van der Waals surface area contributed by atoms with E-state index in [0.29, 0.717) is 5.56 Å². The predicted octanol–water partition coefficient (Wildman–Crippen LogP) is 3.17. The predicted molar refractivity (Wildman–Crippen MR) is 59.9 cm³/mol. The van der Waals surface area contributed by atoms with Crippen molar-refractivity contribution in [1.82, 2.24) is 4.98 Å². The van der Waals surface area contributed by atoms with Crippen LogP contribution in [0.3, 0.4) is 0 Å². The van der Waals surface area contributed by atoms with Crippen molar-refractivity contribution in [2.45, 2.75) is 37.5 Å².